The topological polar surface area (TPSA) is 122 Å². The van der Waals surface area contributed by atoms with Gasteiger partial charge < -0.3 is 20.5 Å². The molecule has 0 aliphatic heterocycles. The number of carbonyl (C=O) groups is 4. The van der Waals surface area contributed by atoms with Crippen LogP contribution < -0.4 is 10.6 Å². The van der Waals surface area contributed by atoms with Gasteiger partial charge in [-0.2, -0.15) is 0 Å². The zero-order chi connectivity index (χ0) is 36.8. The third-order valence-corrected chi connectivity index (χ3v) is 15.6. The molecule has 0 aromatic rings. The molecule has 3 unspecified atom stereocenters. The number of carboxylic acid groups (broad SMARTS) is 1. The first kappa shape index (κ1) is 38.8. The van der Waals surface area contributed by atoms with E-state index in [2.05, 4.69) is 72.1 Å². The van der Waals surface area contributed by atoms with Crippen LogP contribution in [0.2, 0.25) is 0 Å². The second-order valence-corrected chi connectivity index (χ2v) is 19.2. The largest absolute Gasteiger partial charge is 0.480 e. The number of fused-ring (bicyclic) bond motifs is 7. The lowest BCUT2D eigenvalue weighted by molar-refractivity contribution is -0.213. The molecule has 0 aromatic heterocycles. The number of unbranched alkanes of at least 4 members (excludes halogenated alkanes) is 2. The van der Waals surface area contributed by atoms with E-state index in [1.165, 1.54) is 5.57 Å². The fraction of sp³-hybridized carbons (Fsp3) is 0.857. The van der Waals surface area contributed by atoms with E-state index >= 15 is 0 Å². The van der Waals surface area contributed by atoms with Crippen molar-refractivity contribution in [3.05, 3.63) is 11.6 Å². The van der Waals surface area contributed by atoms with Gasteiger partial charge in [0.1, 0.15) is 12.6 Å². The van der Waals surface area contributed by atoms with E-state index in [4.69, 9.17) is 9.84 Å². The molecule has 0 spiro atoms. The summed E-state index contributed by atoms with van der Waals surface area (Å²) < 4.78 is 6.26. The molecule has 8 heteroatoms. The van der Waals surface area contributed by atoms with Gasteiger partial charge in [-0.15, -0.1) is 0 Å². The van der Waals surface area contributed by atoms with E-state index in [9.17, 15) is 19.2 Å². The van der Waals surface area contributed by atoms with Gasteiger partial charge in [-0.05, 0) is 116 Å². The first-order valence-electron chi connectivity index (χ1n) is 20.0. The van der Waals surface area contributed by atoms with Crippen molar-refractivity contribution in [3.63, 3.8) is 0 Å². The summed E-state index contributed by atoms with van der Waals surface area (Å²) in [6, 6.07) is 0. The lowest BCUT2D eigenvalue weighted by Gasteiger charge is -2.71. The Morgan fingerprint density at radius 3 is 2.26 bits per heavy atom. The van der Waals surface area contributed by atoms with Gasteiger partial charge in [-0.25, -0.2) is 0 Å². The second kappa shape index (κ2) is 14.2. The SMILES string of the molecule is CCCCCC(=O)O[C@H]1CC[C@@]2(C)C(CC[C@]3(C)C2CC=C2C4CC(C)(C)CC[C@]4(C(=O)NCCCC(=O)NCC(=O)O)CC[C@]23C)C1(C)C. The van der Waals surface area contributed by atoms with Crippen LogP contribution in [-0.2, 0) is 23.9 Å². The molecule has 0 heterocycles. The van der Waals surface area contributed by atoms with Gasteiger partial charge >= 0.3 is 11.9 Å². The monoisotopic (exact) mass is 697 g/mol. The van der Waals surface area contributed by atoms with Crippen molar-refractivity contribution in [2.24, 2.45) is 50.2 Å². The van der Waals surface area contributed by atoms with Crippen LogP contribution in [0.4, 0.5) is 0 Å². The average molecular weight is 697 g/mol. The van der Waals surface area contributed by atoms with Crippen molar-refractivity contribution in [1.82, 2.24) is 10.6 Å². The number of amides is 2. The smallest absolute Gasteiger partial charge is 0.322 e. The molecule has 50 heavy (non-hydrogen) atoms. The van der Waals surface area contributed by atoms with Crippen LogP contribution in [0.15, 0.2) is 11.6 Å². The van der Waals surface area contributed by atoms with E-state index in [0.29, 0.717) is 31.2 Å². The standard InChI is InChI=1S/C42H68N2O6/c1-9-10-11-14-35(48)50-32-18-19-39(6)30(38(32,4)5)17-20-41(8)31(39)16-15-28-29-26-37(2,3)21-23-42(29,24-22-40(28,41)7)36(49)43-25-12-13-33(45)44-27-34(46)47/h15,29-32H,9-14,16-27H2,1-8H3,(H,43,49)(H,44,45)(H,46,47)/t29?,30?,31?,32-,39-,40+,41+,42-/m0/s1. The van der Waals surface area contributed by atoms with Crippen LogP contribution in [0.5, 0.6) is 0 Å². The summed E-state index contributed by atoms with van der Waals surface area (Å²) in [5, 5.41) is 14.5. The first-order valence-corrected chi connectivity index (χ1v) is 20.0. The summed E-state index contributed by atoms with van der Waals surface area (Å²) in [4.78, 5) is 50.0. The van der Waals surface area contributed by atoms with Crippen LogP contribution in [0, 0.1) is 50.2 Å². The molecule has 3 N–H and O–H groups in total. The quantitative estimate of drug-likeness (QED) is 0.107. The Morgan fingerprint density at radius 1 is 0.840 bits per heavy atom. The zero-order valence-corrected chi connectivity index (χ0v) is 32.6. The Labute approximate surface area is 302 Å². The van der Waals surface area contributed by atoms with Crippen molar-refractivity contribution in [1.29, 1.82) is 0 Å². The molecule has 2 amide bonds. The van der Waals surface area contributed by atoms with Gasteiger partial charge in [0.05, 0.1) is 5.41 Å². The minimum absolute atomic E-state index is 0.0146. The lowest BCUT2D eigenvalue weighted by Crippen LogP contribution is -2.65. The minimum atomic E-state index is -1.06. The van der Waals surface area contributed by atoms with Crippen molar-refractivity contribution >= 4 is 23.8 Å². The van der Waals surface area contributed by atoms with Crippen LogP contribution >= 0.6 is 0 Å². The number of carboxylic acids is 1. The molecule has 8 nitrogen and oxygen atoms in total. The highest BCUT2D eigenvalue weighted by Crippen LogP contribution is 2.75. The highest BCUT2D eigenvalue weighted by Gasteiger charge is 2.69. The maximum Gasteiger partial charge on any atom is 0.322 e. The van der Waals surface area contributed by atoms with E-state index in [-0.39, 0.29) is 69.8 Å². The van der Waals surface area contributed by atoms with Gasteiger partial charge in [-0.1, -0.05) is 79.9 Å². The number of allylic oxidation sites excluding steroid dienone is 2. The predicted molar refractivity (Wildman–Crippen MR) is 196 cm³/mol. The number of esters is 1. The lowest BCUT2D eigenvalue weighted by atomic mass is 9.33. The maximum absolute atomic E-state index is 14.3. The van der Waals surface area contributed by atoms with Gasteiger partial charge in [0.2, 0.25) is 11.8 Å². The molecule has 8 atom stereocenters. The van der Waals surface area contributed by atoms with Crippen LogP contribution in [0.1, 0.15) is 158 Å². The van der Waals surface area contributed by atoms with Crippen LogP contribution in [-0.4, -0.2) is 48.1 Å². The Balaban J connectivity index is 1.36. The van der Waals surface area contributed by atoms with E-state index in [1.807, 2.05) is 0 Å². The molecule has 5 aliphatic carbocycles. The number of rotatable bonds is 12. The Morgan fingerprint density at radius 2 is 1.56 bits per heavy atom. The van der Waals surface area contributed by atoms with Crippen LogP contribution in [0.3, 0.4) is 0 Å². The first-order chi connectivity index (χ1) is 23.4. The highest BCUT2D eigenvalue weighted by molar-refractivity contribution is 5.84. The van der Waals surface area contributed by atoms with Crippen molar-refractivity contribution in [2.75, 3.05) is 13.1 Å². The summed E-state index contributed by atoms with van der Waals surface area (Å²) in [5.41, 5.74) is 1.47. The maximum atomic E-state index is 14.3. The number of carbonyl (C=O) groups excluding carboxylic acids is 3. The molecule has 4 saturated carbocycles. The second-order valence-electron chi connectivity index (χ2n) is 19.2. The van der Waals surface area contributed by atoms with Gasteiger partial charge in [0.15, 0.2) is 0 Å². The molecule has 0 saturated heterocycles. The van der Waals surface area contributed by atoms with Crippen molar-refractivity contribution in [2.45, 2.75) is 164 Å². The molecule has 5 aliphatic rings. The zero-order valence-electron chi connectivity index (χ0n) is 32.6. The number of hydrogen-bond donors (Lipinski definition) is 3. The van der Waals surface area contributed by atoms with Gasteiger partial charge in [-0.3, -0.25) is 19.2 Å². The fourth-order valence-electron chi connectivity index (χ4n) is 12.5. The summed E-state index contributed by atoms with van der Waals surface area (Å²) >= 11 is 0. The molecule has 4 fully saturated rings. The van der Waals surface area contributed by atoms with Crippen molar-refractivity contribution < 1.29 is 29.0 Å². The van der Waals surface area contributed by atoms with Gasteiger partial charge in [0, 0.05) is 24.8 Å². The molecule has 0 aromatic carbocycles. The third kappa shape index (κ3) is 6.79. The minimum Gasteiger partial charge on any atom is -0.480 e. The summed E-state index contributed by atoms with van der Waals surface area (Å²) in [7, 11) is 0. The van der Waals surface area contributed by atoms with Crippen molar-refractivity contribution in [3.8, 4) is 0 Å². The number of aliphatic carboxylic acids is 1. The summed E-state index contributed by atoms with van der Waals surface area (Å²) in [6.07, 6.45) is 17.1. The highest BCUT2D eigenvalue weighted by atomic mass is 16.5. The predicted octanol–water partition coefficient (Wildman–Crippen LogP) is 8.38. The molecule has 282 valence electrons. The number of nitrogens with one attached hydrogen (secondary N) is 2. The number of ether oxygens (including phenoxy) is 1. The van der Waals surface area contributed by atoms with E-state index < -0.39 is 11.4 Å². The van der Waals surface area contributed by atoms with Crippen LogP contribution in [0.25, 0.3) is 0 Å². The Bertz CT molecular complexity index is 1350. The van der Waals surface area contributed by atoms with E-state index in [0.717, 1.165) is 83.5 Å². The number of hydrogen-bond acceptors (Lipinski definition) is 5. The Hall–Kier alpha value is -2.38. The molecule has 0 radical (unpaired) electrons. The van der Waals surface area contributed by atoms with E-state index in [1.54, 1.807) is 0 Å². The van der Waals surface area contributed by atoms with Gasteiger partial charge in [0.25, 0.3) is 0 Å². The molecule has 0 bridgehead atoms. The molecular formula is C42H68N2O6. The third-order valence-electron chi connectivity index (χ3n) is 15.6. The summed E-state index contributed by atoms with van der Waals surface area (Å²) in [5.74, 6) is -0.0251. The normalized spacial score (nSPS) is 38.2. The molecule has 5 rings (SSSR count). The summed E-state index contributed by atoms with van der Waals surface area (Å²) in [6.45, 7) is 19.4. The fourth-order valence-corrected chi connectivity index (χ4v) is 12.5. The average Bonchev–Trinajstić information content (AvgIpc) is 3.03. The molecular weight excluding hydrogens is 628 g/mol. The Kier molecular flexibility index (Phi) is 11.0.